The first-order chi connectivity index (χ1) is 15.3. The molecular weight excluding hydrogens is 398 g/mol. The van der Waals surface area contributed by atoms with Gasteiger partial charge in [-0.15, -0.1) is 0 Å². The summed E-state index contributed by atoms with van der Waals surface area (Å²) >= 11 is 0. The van der Waals surface area contributed by atoms with Crippen LogP contribution in [-0.2, 0) is 11.3 Å². The van der Waals surface area contributed by atoms with Crippen molar-refractivity contribution in [1.82, 2.24) is 14.8 Å². The van der Waals surface area contributed by atoms with Crippen LogP contribution in [0.2, 0.25) is 0 Å². The molecule has 0 aliphatic heterocycles. The van der Waals surface area contributed by atoms with Crippen LogP contribution in [0.3, 0.4) is 0 Å². The van der Waals surface area contributed by atoms with Gasteiger partial charge in [0.2, 0.25) is 0 Å². The second kappa shape index (κ2) is 7.38. The third-order valence-electron chi connectivity index (χ3n) is 10.3. The Balaban J connectivity index is 1.18. The standard InChI is InChI=1S/C27H37N3O2/c1-26(32)10-7-19-17(13-26)3-4-21-20(19)8-11-27(2)22(21)5-6-23(27)25(31)16-30-15-18-14-28-12-9-24(18)29-30/h9,12,14-15,17,19-23,32H,3-8,10-11,13,16H2,1-2H3/t17-,19?,20-,21?,22+,23-,26-,27+/m1/s1. The molecule has 172 valence electrons. The van der Waals surface area contributed by atoms with Gasteiger partial charge >= 0.3 is 0 Å². The minimum Gasteiger partial charge on any atom is -0.390 e. The summed E-state index contributed by atoms with van der Waals surface area (Å²) in [5.74, 6) is 4.36. The number of rotatable bonds is 3. The van der Waals surface area contributed by atoms with E-state index >= 15 is 0 Å². The number of aliphatic hydroxyl groups is 1. The highest BCUT2D eigenvalue weighted by Gasteiger charge is 2.58. The van der Waals surface area contributed by atoms with E-state index in [1.807, 2.05) is 30.1 Å². The Bertz CT molecular complexity index is 996. The van der Waals surface area contributed by atoms with E-state index in [9.17, 15) is 9.90 Å². The van der Waals surface area contributed by atoms with Crippen molar-refractivity contribution >= 4 is 16.7 Å². The zero-order valence-corrected chi connectivity index (χ0v) is 19.5. The van der Waals surface area contributed by atoms with Gasteiger partial charge in [-0.3, -0.25) is 14.5 Å². The van der Waals surface area contributed by atoms with Crippen LogP contribution in [0, 0.1) is 40.9 Å². The molecule has 4 fully saturated rings. The first kappa shape index (κ1) is 20.8. The van der Waals surface area contributed by atoms with Crippen molar-refractivity contribution in [3.8, 4) is 0 Å². The second-order valence-corrected chi connectivity index (χ2v) is 12.1. The number of carbonyl (C=O) groups is 1. The monoisotopic (exact) mass is 435 g/mol. The number of nitrogens with zero attached hydrogens (tertiary/aromatic N) is 3. The quantitative estimate of drug-likeness (QED) is 0.735. The van der Waals surface area contributed by atoms with Crippen LogP contribution >= 0.6 is 0 Å². The summed E-state index contributed by atoms with van der Waals surface area (Å²) in [5.41, 5.74) is 0.612. The number of pyridine rings is 1. The highest BCUT2D eigenvalue weighted by atomic mass is 16.3. The van der Waals surface area contributed by atoms with Crippen LogP contribution in [0.15, 0.2) is 24.7 Å². The average molecular weight is 436 g/mol. The van der Waals surface area contributed by atoms with E-state index in [0.717, 1.165) is 47.9 Å². The van der Waals surface area contributed by atoms with Crippen molar-refractivity contribution in [3.05, 3.63) is 24.7 Å². The Kier molecular flexibility index (Phi) is 4.80. The summed E-state index contributed by atoms with van der Waals surface area (Å²) in [4.78, 5) is 17.7. The minimum atomic E-state index is -0.449. The molecule has 5 heteroatoms. The van der Waals surface area contributed by atoms with E-state index in [1.165, 1.54) is 38.5 Å². The molecule has 8 atom stereocenters. The largest absolute Gasteiger partial charge is 0.390 e. The molecule has 6 rings (SSSR count). The minimum absolute atomic E-state index is 0.152. The predicted molar refractivity (Wildman–Crippen MR) is 124 cm³/mol. The fraction of sp³-hybridized carbons (Fsp3) is 0.741. The molecule has 0 saturated heterocycles. The fourth-order valence-electron chi connectivity index (χ4n) is 8.88. The molecule has 4 aliphatic rings. The van der Waals surface area contributed by atoms with Gasteiger partial charge < -0.3 is 5.11 Å². The molecule has 0 amide bonds. The first-order valence-corrected chi connectivity index (χ1v) is 12.9. The van der Waals surface area contributed by atoms with Crippen molar-refractivity contribution in [1.29, 1.82) is 0 Å². The summed E-state index contributed by atoms with van der Waals surface area (Å²) in [6.07, 6.45) is 16.0. The van der Waals surface area contributed by atoms with E-state index in [1.54, 1.807) is 6.20 Å². The summed E-state index contributed by atoms with van der Waals surface area (Å²) < 4.78 is 1.83. The zero-order chi connectivity index (χ0) is 22.1. The lowest BCUT2D eigenvalue weighted by atomic mass is 9.49. The Morgan fingerprint density at radius 3 is 2.78 bits per heavy atom. The molecule has 5 nitrogen and oxygen atoms in total. The van der Waals surface area contributed by atoms with Crippen molar-refractivity contribution in [2.45, 2.75) is 83.8 Å². The average Bonchev–Trinajstić information content (AvgIpc) is 3.32. The number of fused-ring (bicyclic) bond motifs is 6. The molecule has 2 heterocycles. The molecular formula is C27H37N3O2. The number of Topliss-reactive ketones (excluding diaryl/α,β-unsaturated/α-hetero) is 1. The number of hydrogen-bond acceptors (Lipinski definition) is 4. The Morgan fingerprint density at radius 2 is 1.94 bits per heavy atom. The maximum absolute atomic E-state index is 13.5. The lowest BCUT2D eigenvalue weighted by Gasteiger charge is -2.56. The van der Waals surface area contributed by atoms with Gasteiger partial charge in [0.1, 0.15) is 0 Å². The topological polar surface area (TPSA) is 68.0 Å². The molecule has 4 aliphatic carbocycles. The third-order valence-corrected chi connectivity index (χ3v) is 10.3. The molecule has 2 aromatic heterocycles. The molecule has 2 aromatic rings. The summed E-state index contributed by atoms with van der Waals surface area (Å²) in [6.45, 7) is 4.86. The van der Waals surface area contributed by atoms with E-state index in [-0.39, 0.29) is 11.3 Å². The summed E-state index contributed by atoms with van der Waals surface area (Å²) in [6, 6.07) is 1.91. The van der Waals surface area contributed by atoms with Crippen molar-refractivity contribution in [3.63, 3.8) is 0 Å². The first-order valence-electron chi connectivity index (χ1n) is 12.9. The number of carbonyl (C=O) groups excluding carboxylic acids is 1. The predicted octanol–water partition coefficient (Wildman–Crippen LogP) is 5.02. The lowest BCUT2D eigenvalue weighted by molar-refractivity contribution is -0.133. The Labute approximate surface area is 191 Å². The molecule has 32 heavy (non-hydrogen) atoms. The van der Waals surface area contributed by atoms with Crippen LogP contribution in [0.4, 0.5) is 0 Å². The van der Waals surface area contributed by atoms with E-state index in [2.05, 4.69) is 17.0 Å². The SMILES string of the molecule is C[C@@]1(O)CCC2[C@H](CCC3[C@@H]2CC[C@]2(C)[C@@H](C(=O)Cn4cc5cnccc5n4)CC[C@@H]32)C1. The van der Waals surface area contributed by atoms with Gasteiger partial charge in [-0.05, 0) is 106 Å². The van der Waals surface area contributed by atoms with Crippen LogP contribution in [-0.4, -0.2) is 31.3 Å². The third kappa shape index (κ3) is 3.26. The van der Waals surface area contributed by atoms with E-state index in [4.69, 9.17) is 0 Å². The van der Waals surface area contributed by atoms with Crippen molar-refractivity contribution in [2.75, 3.05) is 0 Å². The molecule has 0 aromatic carbocycles. The highest BCUT2D eigenvalue weighted by Crippen LogP contribution is 2.64. The number of hydrogen-bond donors (Lipinski definition) is 1. The Hall–Kier alpha value is -1.75. The van der Waals surface area contributed by atoms with Crippen LogP contribution in [0.5, 0.6) is 0 Å². The van der Waals surface area contributed by atoms with Crippen molar-refractivity contribution in [2.24, 2.45) is 40.9 Å². The zero-order valence-electron chi connectivity index (χ0n) is 19.5. The maximum atomic E-state index is 13.5. The maximum Gasteiger partial charge on any atom is 0.157 e. The smallest absolute Gasteiger partial charge is 0.157 e. The second-order valence-electron chi connectivity index (χ2n) is 12.1. The molecule has 0 spiro atoms. The molecule has 0 radical (unpaired) electrons. The van der Waals surface area contributed by atoms with Crippen LogP contribution in [0.25, 0.3) is 10.9 Å². The molecule has 1 N–H and O–H groups in total. The summed E-state index contributed by atoms with van der Waals surface area (Å²) in [7, 11) is 0. The van der Waals surface area contributed by atoms with Gasteiger partial charge in [0, 0.05) is 29.9 Å². The van der Waals surface area contributed by atoms with Gasteiger partial charge in [-0.2, -0.15) is 5.10 Å². The molecule has 0 bridgehead atoms. The number of aromatic nitrogens is 3. The van der Waals surface area contributed by atoms with Gasteiger partial charge in [0.15, 0.2) is 5.78 Å². The summed E-state index contributed by atoms with van der Waals surface area (Å²) in [5, 5.41) is 16.2. The van der Waals surface area contributed by atoms with Gasteiger partial charge in [-0.1, -0.05) is 6.92 Å². The van der Waals surface area contributed by atoms with Gasteiger partial charge in [0.05, 0.1) is 17.7 Å². The van der Waals surface area contributed by atoms with Crippen molar-refractivity contribution < 1.29 is 9.90 Å². The van der Waals surface area contributed by atoms with Gasteiger partial charge in [0.25, 0.3) is 0 Å². The number of ketones is 1. The van der Waals surface area contributed by atoms with Crippen LogP contribution in [0.1, 0.15) is 71.6 Å². The van der Waals surface area contributed by atoms with E-state index in [0.29, 0.717) is 24.2 Å². The molecule has 2 unspecified atom stereocenters. The van der Waals surface area contributed by atoms with Crippen LogP contribution < -0.4 is 0 Å². The fourth-order valence-corrected chi connectivity index (χ4v) is 8.88. The highest BCUT2D eigenvalue weighted by molar-refractivity contribution is 5.83. The Morgan fingerprint density at radius 1 is 1.09 bits per heavy atom. The lowest BCUT2D eigenvalue weighted by Crippen LogP contribution is -2.51. The normalized spacial score (nSPS) is 43.5. The van der Waals surface area contributed by atoms with E-state index < -0.39 is 5.60 Å². The van der Waals surface area contributed by atoms with Gasteiger partial charge in [-0.25, -0.2) is 0 Å². The molecule has 4 saturated carbocycles.